The van der Waals surface area contributed by atoms with Crippen LogP contribution in [0.2, 0.25) is 5.02 Å². The Labute approximate surface area is 155 Å². The topological polar surface area (TPSA) is 52.7 Å². The van der Waals surface area contributed by atoms with Crippen molar-refractivity contribution in [1.82, 2.24) is 15.1 Å². The van der Waals surface area contributed by atoms with E-state index >= 15 is 0 Å². The first-order chi connectivity index (χ1) is 12.0. The van der Waals surface area contributed by atoms with Gasteiger partial charge in [0.1, 0.15) is 5.82 Å². The van der Waals surface area contributed by atoms with Crippen molar-refractivity contribution >= 4 is 35.2 Å². The van der Waals surface area contributed by atoms with Crippen molar-refractivity contribution < 1.29 is 14.0 Å². The number of carbonyl (C=O) groups is 2. The number of carbonyl (C=O) groups excluding carboxylic acids is 2. The van der Waals surface area contributed by atoms with Crippen molar-refractivity contribution in [2.24, 2.45) is 0 Å². The van der Waals surface area contributed by atoms with Crippen molar-refractivity contribution in [3.05, 3.63) is 34.6 Å². The lowest BCUT2D eigenvalue weighted by atomic mass is 10.1. The summed E-state index contributed by atoms with van der Waals surface area (Å²) in [5.41, 5.74) is 0.297. The van der Waals surface area contributed by atoms with E-state index in [1.54, 1.807) is 4.90 Å². The molecule has 2 heterocycles. The van der Waals surface area contributed by atoms with Gasteiger partial charge in [-0.25, -0.2) is 4.39 Å². The molecular weight excluding hydrogens is 365 g/mol. The molecule has 5 nitrogen and oxygen atoms in total. The number of amides is 2. The maximum Gasteiger partial charge on any atom is 0.255 e. The van der Waals surface area contributed by atoms with Crippen LogP contribution in [0.3, 0.4) is 0 Å². The van der Waals surface area contributed by atoms with Gasteiger partial charge in [0.05, 0.1) is 10.6 Å². The summed E-state index contributed by atoms with van der Waals surface area (Å²) in [5, 5.41) is 3.49. The number of halogens is 2. The van der Waals surface area contributed by atoms with Gasteiger partial charge < -0.3 is 15.1 Å². The lowest BCUT2D eigenvalue weighted by Gasteiger charge is -2.36. The summed E-state index contributed by atoms with van der Waals surface area (Å²) in [6.07, 6.45) is 0.505. The van der Waals surface area contributed by atoms with Crippen LogP contribution >= 0.6 is 23.4 Å². The zero-order chi connectivity index (χ0) is 17.8. The van der Waals surface area contributed by atoms with Crippen molar-refractivity contribution in [2.45, 2.75) is 12.5 Å². The molecule has 136 valence electrons. The molecule has 0 aromatic heterocycles. The summed E-state index contributed by atoms with van der Waals surface area (Å²) < 4.78 is 13.1. The zero-order valence-electron chi connectivity index (χ0n) is 13.8. The molecule has 2 fully saturated rings. The normalized spacial score (nSPS) is 21.3. The number of hydrogen-bond donors (Lipinski definition) is 1. The van der Waals surface area contributed by atoms with E-state index < -0.39 is 5.82 Å². The van der Waals surface area contributed by atoms with Crippen LogP contribution in [0, 0.1) is 5.82 Å². The van der Waals surface area contributed by atoms with E-state index in [0.29, 0.717) is 38.2 Å². The molecule has 2 saturated heterocycles. The number of benzene rings is 1. The lowest BCUT2D eigenvalue weighted by molar-refractivity contribution is -0.133. The Hall–Kier alpha value is -1.31. The van der Waals surface area contributed by atoms with E-state index in [1.807, 2.05) is 16.7 Å². The van der Waals surface area contributed by atoms with E-state index in [0.717, 1.165) is 24.1 Å². The minimum atomic E-state index is -0.466. The van der Waals surface area contributed by atoms with Crippen LogP contribution < -0.4 is 5.32 Å². The highest BCUT2D eigenvalue weighted by Crippen LogP contribution is 2.20. The molecule has 2 aliphatic rings. The largest absolute Gasteiger partial charge is 0.339 e. The fraction of sp³-hybridized carbons (Fsp3) is 0.529. The van der Waals surface area contributed by atoms with Gasteiger partial charge in [-0.05, 0) is 18.2 Å². The molecule has 2 aliphatic heterocycles. The predicted octanol–water partition coefficient (Wildman–Crippen LogP) is 1.86. The second-order valence-corrected chi connectivity index (χ2v) is 7.78. The van der Waals surface area contributed by atoms with Crippen LogP contribution in [0.1, 0.15) is 16.8 Å². The Morgan fingerprint density at radius 3 is 2.60 bits per heavy atom. The Morgan fingerprint density at radius 1 is 1.24 bits per heavy atom. The molecule has 25 heavy (non-hydrogen) atoms. The maximum absolute atomic E-state index is 13.1. The summed E-state index contributed by atoms with van der Waals surface area (Å²) in [7, 11) is 0. The highest BCUT2D eigenvalue weighted by atomic mass is 35.5. The van der Waals surface area contributed by atoms with Crippen molar-refractivity contribution in [1.29, 1.82) is 0 Å². The Balaban J connectivity index is 1.52. The van der Waals surface area contributed by atoms with E-state index in [9.17, 15) is 14.0 Å². The van der Waals surface area contributed by atoms with Gasteiger partial charge >= 0.3 is 0 Å². The third-order valence-electron chi connectivity index (χ3n) is 4.50. The van der Waals surface area contributed by atoms with Crippen LogP contribution in [0.5, 0.6) is 0 Å². The third kappa shape index (κ3) is 4.65. The Kier molecular flexibility index (Phi) is 6.19. The Morgan fingerprint density at radius 2 is 1.96 bits per heavy atom. The van der Waals surface area contributed by atoms with Gasteiger partial charge in [-0.1, -0.05) is 11.6 Å². The Bertz CT molecular complexity index is 647. The summed E-state index contributed by atoms with van der Waals surface area (Å²) in [4.78, 5) is 28.4. The summed E-state index contributed by atoms with van der Waals surface area (Å²) in [6, 6.07) is 4.02. The number of nitrogens with one attached hydrogen (secondary N) is 1. The second-order valence-electron chi connectivity index (χ2n) is 6.23. The van der Waals surface area contributed by atoms with Gasteiger partial charge in [0, 0.05) is 56.7 Å². The average molecular weight is 386 g/mol. The SMILES string of the molecule is O=C(CC1CSCCN1)N1CCN(C(=O)c2ccc(F)cc2Cl)CC1. The predicted molar refractivity (Wildman–Crippen MR) is 97.6 cm³/mol. The molecule has 8 heteroatoms. The van der Waals surface area contributed by atoms with E-state index in [4.69, 9.17) is 11.6 Å². The molecule has 0 saturated carbocycles. The molecule has 1 unspecified atom stereocenters. The number of thioether (sulfide) groups is 1. The monoisotopic (exact) mass is 385 g/mol. The first-order valence-corrected chi connectivity index (χ1v) is 9.91. The molecule has 0 radical (unpaired) electrons. The molecule has 3 rings (SSSR count). The second kappa shape index (κ2) is 8.38. The summed E-state index contributed by atoms with van der Waals surface area (Å²) in [6.45, 7) is 2.91. The summed E-state index contributed by atoms with van der Waals surface area (Å²) in [5.74, 6) is 1.51. The fourth-order valence-corrected chi connectivity index (χ4v) is 4.28. The van der Waals surface area contributed by atoms with Gasteiger partial charge in [-0.2, -0.15) is 11.8 Å². The van der Waals surface area contributed by atoms with Crippen LogP contribution in [0.4, 0.5) is 4.39 Å². The molecule has 1 N–H and O–H groups in total. The van der Waals surface area contributed by atoms with Crippen molar-refractivity contribution in [2.75, 3.05) is 44.2 Å². The van der Waals surface area contributed by atoms with Gasteiger partial charge in [0.25, 0.3) is 5.91 Å². The molecule has 0 spiro atoms. The number of rotatable bonds is 3. The quantitative estimate of drug-likeness (QED) is 0.862. The standard InChI is InChI=1S/C17H21ClFN3O2S/c18-15-9-12(19)1-2-14(15)17(24)22-6-4-21(5-7-22)16(23)10-13-11-25-8-3-20-13/h1-2,9,13,20H,3-8,10-11H2. The lowest BCUT2D eigenvalue weighted by Crippen LogP contribution is -2.52. The van der Waals surface area contributed by atoms with Gasteiger partial charge in [0.15, 0.2) is 0 Å². The number of piperazine rings is 1. The molecule has 0 bridgehead atoms. The maximum atomic E-state index is 13.1. The first kappa shape index (κ1) is 18.5. The number of nitrogens with zero attached hydrogens (tertiary/aromatic N) is 2. The highest BCUT2D eigenvalue weighted by molar-refractivity contribution is 7.99. The molecule has 1 aromatic carbocycles. The van der Waals surface area contributed by atoms with Crippen molar-refractivity contribution in [3.63, 3.8) is 0 Å². The van der Waals surface area contributed by atoms with E-state index in [-0.39, 0.29) is 22.9 Å². The molecule has 1 aromatic rings. The van der Waals surface area contributed by atoms with Crippen molar-refractivity contribution in [3.8, 4) is 0 Å². The zero-order valence-corrected chi connectivity index (χ0v) is 15.4. The fourth-order valence-electron chi connectivity index (χ4n) is 3.08. The van der Waals surface area contributed by atoms with Crippen LogP contribution in [-0.4, -0.2) is 71.9 Å². The molecular formula is C17H21ClFN3O2S. The highest BCUT2D eigenvalue weighted by Gasteiger charge is 2.27. The molecule has 0 aliphatic carbocycles. The van der Waals surface area contributed by atoms with Gasteiger partial charge in [-0.3, -0.25) is 9.59 Å². The molecule has 1 atom stereocenters. The molecule has 2 amide bonds. The van der Waals surface area contributed by atoms with Crippen LogP contribution in [0.15, 0.2) is 18.2 Å². The summed E-state index contributed by atoms with van der Waals surface area (Å²) >= 11 is 7.84. The van der Waals surface area contributed by atoms with Crippen LogP contribution in [-0.2, 0) is 4.79 Å². The number of hydrogen-bond acceptors (Lipinski definition) is 4. The van der Waals surface area contributed by atoms with Gasteiger partial charge in [0.2, 0.25) is 5.91 Å². The van der Waals surface area contributed by atoms with Crippen LogP contribution in [0.25, 0.3) is 0 Å². The minimum absolute atomic E-state index is 0.115. The smallest absolute Gasteiger partial charge is 0.255 e. The average Bonchev–Trinajstić information content (AvgIpc) is 2.62. The van der Waals surface area contributed by atoms with Gasteiger partial charge in [-0.15, -0.1) is 0 Å². The minimum Gasteiger partial charge on any atom is -0.339 e. The van der Waals surface area contributed by atoms with E-state index in [1.165, 1.54) is 12.1 Å². The van der Waals surface area contributed by atoms with E-state index in [2.05, 4.69) is 5.32 Å². The third-order valence-corrected chi connectivity index (χ3v) is 5.94. The first-order valence-electron chi connectivity index (χ1n) is 8.38.